The monoisotopic (exact) mass is 414 g/mol. The standard InChI is InChI=1S/C30H22O2/c31-29(25-15-5-1-6-16-25,26-17-7-2-8-18-26)23-13-14-24-30(32,27-19-9-3-10-20-27)28-21-11-4-12-22-28/h1-12,15-22,31-32H. The number of benzene rings is 4. The average molecular weight is 415 g/mol. The Kier molecular flexibility index (Phi) is 6.20. The molecule has 0 heterocycles. The summed E-state index contributed by atoms with van der Waals surface area (Å²) in [7, 11) is 0. The highest BCUT2D eigenvalue weighted by Gasteiger charge is 2.30. The first-order valence-electron chi connectivity index (χ1n) is 10.3. The molecule has 0 saturated carbocycles. The predicted octanol–water partition coefficient (Wildman–Crippen LogP) is 4.87. The summed E-state index contributed by atoms with van der Waals surface area (Å²) in [5, 5.41) is 23.0. The molecule has 0 fully saturated rings. The first-order chi connectivity index (χ1) is 15.6. The first-order valence-corrected chi connectivity index (χ1v) is 10.3. The predicted molar refractivity (Wildman–Crippen MR) is 127 cm³/mol. The molecule has 4 aromatic rings. The normalized spacial score (nSPS) is 10.9. The maximum Gasteiger partial charge on any atom is 0.177 e. The largest absolute Gasteiger partial charge is 0.369 e. The minimum Gasteiger partial charge on any atom is -0.369 e. The molecule has 0 unspecified atom stereocenters. The molecule has 0 atom stereocenters. The van der Waals surface area contributed by atoms with Gasteiger partial charge in [0, 0.05) is 22.3 Å². The van der Waals surface area contributed by atoms with Gasteiger partial charge in [0.2, 0.25) is 0 Å². The fourth-order valence-electron chi connectivity index (χ4n) is 3.58. The van der Waals surface area contributed by atoms with Crippen molar-refractivity contribution in [1.29, 1.82) is 0 Å². The summed E-state index contributed by atoms with van der Waals surface area (Å²) < 4.78 is 0. The lowest BCUT2D eigenvalue weighted by molar-refractivity contribution is 0.144. The third-order valence-corrected chi connectivity index (χ3v) is 5.32. The lowest BCUT2D eigenvalue weighted by Crippen LogP contribution is -2.25. The van der Waals surface area contributed by atoms with Crippen LogP contribution in [0.3, 0.4) is 0 Å². The van der Waals surface area contributed by atoms with E-state index in [9.17, 15) is 10.2 Å². The van der Waals surface area contributed by atoms with Gasteiger partial charge >= 0.3 is 0 Å². The topological polar surface area (TPSA) is 40.5 Å². The summed E-state index contributed by atoms with van der Waals surface area (Å²) in [6, 6.07) is 37.1. The zero-order chi connectivity index (χ0) is 22.3. The third kappa shape index (κ3) is 4.34. The van der Waals surface area contributed by atoms with Gasteiger partial charge in [-0.3, -0.25) is 0 Å². The van der Waals surface area contributed by atoms with Crippen LogP contribution in [0.5, 0.6) is 0 Å². The fourth-order valence-corrected chi connectivity index (χ4v) is 3.58. The van der Waals surface area contributed by atoms with Crippen molar-refractivity contribution in [3.63, 3.8) is 0 Å². The summed E-state index contributed by atoms with van der Waals surface area (Å²) in [4.78, 5) is 0. The van der Waals surface area contributed by atoms with Crippen LogP contribution in [0.2, 0.25) is 0 Å². The van der Waals surface area contributed by atoms with Gasteiger partial charge in [-0.25, -0.2) is 0 Å². The molecule has 0 spiro atoms. The van der Waals surface area contributed by atoms with Crippen LogP contribution in [0, 0.1) is 23.7 Å². The molecule has 0 aliphatic carbocycles. The molecule has 0 saturated heterocycles. The van der Waals surface area contributed by atoms with Crippen LogP contribution in [0.15, 0.2) is 121 Å². The summed E-state index contributed by atoms with van der Waals surface area (Å²) in [5.41, 5.74) is -0.420. The highest BCUT2D eigenvalue weighted by Crippen LogP contribution is 2.30. The zero-order valence-electron chi connectivity index (χ0n) is 17.4. The summed E-state index contributed by atoms with van der Waals surface area (Å²) in [5.74, 6) is 11.4. The van der Waals surface area contributed by atoms with Gasteiger partial charge in [-0.05, 0) is 23.7 Å². The maximum atomic E-state index is 11.5. The minimum atomic E-state index is -1.52. The molecule has 4 aromatic carbocycles. The van der Waals surface area contributed by atoms with Gasteiger partial charge in [-0.2, -0.15) is 0 Å². The van der Waals surface area contributed by atoms with Crippen molar-refractivity contribution in [3.8, 4) is 23.7 Å². The molecule has 0 radical (unpaired) electrons. The van der Waals surface area contributed by atoms with E-state index in [1.807, 2.05) is 121 Å². The van der Waals surface area contributed by atoms with Crippen molar-refractivity contribution in [2.24, 2.45) is 0 Å². The molecule has 2 heteroatoms. The van der Waals surface area contributed by atoms with Crippen molar-refractivity contribution in [3.05, 3.63) is 144 Å². The Bertz CT molecular complexity index is 1090. The van der Waals surface area contributed by atoms with E-state index in [4.69, 9.17) is 0 Å². The Labute approximate surface area is 188 Å². The SMILES string of the molecule is OC(C#CC#CC(O)(c1ccccc1)c1ccccc1)(c1ccccc1)c1ccccc1. The third-order valence-electron chi connectivity index (χ3n) is 5.32. The van der Waals surface area contributed by atoms with E-state index in [1.54, 1.807) is 0 Å². The van der Waals surface area contributed by atoms with Crippen molar-refractivity contribution < 1.29 is 10.2 Å². The second-order valence-electron chi connectivity index (χ2n) is 7.38. The lowest BCUT2D eigenvalue weighted by Gasteiger charge is -2.23. The van der Waals surface area contributed by atoms with E-state index >= 15 is 0 Å². The molecule has 0 amide bonds. The van der Waals surface area contributed by atoms with E-state index in [-0.39, 0.29) is 0 Å². The van der Waals surface area contributed by atoms with Gasteiger partial charge in [0.25, 0.3) is 0 Å². The Balaban J connectivity index is 1.78. The fraction of sp³-hybridized carbons (Fsp3) is 0.0667. The van der Waals surface area contributed by atoms with Gasteiger partial charge < -0.3 is 10.2 Å². The van der Waals surface area contributed by atoms with Gasteiger partial charge in [0.15, 0.2) is 11.2 Å². The van der Waals surface area contributed by atoms with Gasteiger partial charge in [0.05, 0.1) is 0 Å². The van der Waals surface area contributed by atoms with Crippen LogP contribution in [0.4, 0.5) is 0 Å². The summed E-state index contributed by atoms with van der Waals surface area (Å²) in [6.45, 7) is 0. The molecular formula is C30H22O2. The maximum absolute atomic E-state index is 11.5. The molecule has 0 aliphatic rings. The average Bonchev–Trinajstić information content (AvgIpc) is 2.88. The van der Waals surface area contributed by atoms with E-state index in [1.165, 1.54) is 0 Å². The van der Waals surface area contributed by atoms with Crippen molar-refractivity contribution in [2.45, 2.75) is 11.2 Å². The van der Waals surface area contributed by atoms with E-state index in [2.05, 4.69) is 23.7 Å². The Morgan fingerprint density at radius 2 is 0.594 bits per heavy atom. The molecule has 0 aromatic heterocycles. The van der Waals surface area contributed by atoms with Crippen LogP contribution >= 0.6 is 0 Å². The summed E-state index contributed by atoms with van der Waals surface area (Å²) >= 11 is 0. The smallest absolute Gasteiger partial charge is 0.177 e. The van der Waals surface area contributed by atoms with E-state index in [0.29, 0.717) is 22.3 Å². The Hall–Kier alpha value is -4.08. The second-order valence-corrected chi connectivity index (χ2v) is 7.38. The van der Waals surface area contributed by atoms with Gasteiger partial charge in [0.1, 0.15) is 0 Å². The van der Waals surface area contributed by atoms with Crippen LogP contribution in [0.25, 0.3) is 0 Å². The number of rotatable bonds is 4. The number of hydrogen-bond donors (Lipinski definition) is 2. The minimum absolute atomic E-state index is 0.655. The van der Waals surface area contributed by atoms with Crippen LogP contribution in [-0.2, 0) is 11.2 Å². The van der Waals surface area contributed by atoms with E-state index in [0.717, 1.165) is 0 Å². The highest BCUT2D eigenvalue weighted by molar-refractivity contribution is 5.50. The molecule has 0 bridgehead atoms. The molecule has 2 nitrogen and oxygen atoms in total. The number of aliphatic hydroxyl groups is 2. The quantitative estimate of drug-likeness (QED) is 0.468. The Morgan fingerprint density at radius 3 is 0.812 bits per heavy atom. The summed E-state index contributed by atoms with van der Waals surface area (Å²) in [6.07, 6.45) is 0. The van der Waals surface area contributed by atoms with Gasteiger partial charge in [-0.1, -0.05) is 121 Å². The lowest BCUT2D eigenvalue weighted by atomic mass is 9.86. The van der Waals surface area contributed by atoms with Crippen molar-refractivity contribution in [2.75, 3.05) is 0 Å². The Morgan fingerprint density at radius 1 is 0.375 bits per heavy atom. The van der Waals surface area contributed by atoms with Crippen molar-refractivity contribution >= 4 is 0 Å². The van der Waals surface area contributed by atoms with Crippen LogP contribution in [0.1, 0.15) is 22.3 Å². The molecule has 2 N–H and O–H groups in total. The number of hydrogen-bond acceptors (Lipinski definition) is 2. The van der Waals surface area contributed by atoms with Crippen LogP contribution in [-0.4, -0.2) is 10.2 Å². The van der Waals surface area contributed by atoms with Crippen LogP contribution < -0.4 is 0 Å². The molecule has 4 rings (SSSR count). The molecule has 0 aliphatic heterocycles. The second kappa shape index (κ2) is 9.38. The van der Waals surface area contributed by atoms with Gasteiger partial charge in [-0.15, -0.1) is 0 Å². The first kappa shape index (κ1) is 21.2. The molecule has 32 heavy (non-hydrogen) atoms. The zero-order valence-corrected chi connectivity index (χ0v) is 17.4. The highest BCUT2D eigenvalue weighted by atomic mass is 16.3. The van der Waals surface area contributed by atoms with Crippen molar-refractivity contribution in [1.82, 2.24) is 0 Å². The molecule has 154 valence electrons. The van der Waals surface area contributed by atoms with E-state index < -0.39 is 11.2 Å². The molecular weight excluding hydrogens is 392 g/mol.